The summed E-state index contributed by atoms with van der Waals surface area (Å²) in [5.74, 6) is -0.835. The van der Waals surface area contributed by atoms with Gasteiger partial charge in [-0.1, -0.05) is 42.5 Å². The number of methoxy groups -OCH3 is 1. The van der Waals surface area contributed by atoms with E-state index in [9.17, 15) is 14.4 Å². The highest BCUT2D eigenvalue weighted by atomic mass is 16.5. The van der Waals surface area contributed by atoms with E-state index in [1.54, 1.807) is 24.3 Å². The lowest BCUT2D eigenvalue weighted by molar-refractivity contribution is -0.786. The molecule has 0 aliphatic carbocycles. The van der Waals surface area contributed by atoms with Gasteiger partial charge in [0.1, 0.15) is 6.04 Å². The second-order valence-corrected chi connectivity index (χ2v) is 8.60. The smallest absolute Gasteiger partial charge is 0.423 e. The van der Waals surface area contributed by atoms with Gasteiger partial charge in [-0.2, -0.15) is 9.28 Å². The molecule has 180 valence electrons. The van der Waals surface area contributed by atoms with Gasteiger partial charge in [0.15, 0.2) is 5.82 Å². The minimum Gasteiger partial charge on any atom is -0.423 e. The van der Waals surface area contributed by atoms with Crippen molar-refractivity contribution in [3.63, 3.8) is 0 Å². The molecule has 9 nitrogen and oxygen atoms in total. The Morgan fingerprint density at radius 3 is 2.60 bits per heavy atom. The van der Waals surface area contributed by atoms with E-state index in [2.05, 4.69) is 15.3 Å². The first-order chi connectivity index (χ1) is 16.9. The van der Waals surface area contributed by atoms with E-state index in [-0.39, 0.29) is 23.5 Å². The highest BCUT2D eigenvalue weighted by Gasteiger charge is 2.55. The fourth-order valence-electron chi connectivity index (χ4n) is 4.48. The summed E-state index contributed by atoms with van der Waals surface area (Å²) < 4.78 is 4.48. The molecular formula is C26H28N5O4+. The van der Waals surface area contributed by atoms with Crippen LogP contribution in [0, 0.1) is 0 Å². The van der Waals surface area contributed by atoms with Crippen molar-refractivity contribution < 1.29 is 23.6 Å². The van der Waals surface area contributed by atoms with Gasteiger partial charge in [-0.15, -0.1) is 0 Å². The summed E-state index contributed by atoms with van der Waals surface area (Å²) in [4.78, 5) is 47.7. The van der Waals surface area contributed by atoms with Crippen LogP contribution < -0.4 is 11.1 Å². The van der Waals surface area contributed by atoms with Crippen molar-refractivity contribution >= 4 is 23.7 Å². The molecule has 0 bridgehead atoms. The molecule has 0 saturated carbocycles. The number of carbonyl (C=O) groups excluding carboxylic acids is 3. The second kappa shape index (κ2) is 10.0. The number of anilines is 1. The van der Waals surface area contributed by atoms with Gasteiger partial charge < -0.3 is 15.8 Å². The molecule has 0 radical (unpaired) electrons. The Balaban J connectivity index is 1.62. The summed E-state index contributed by atoms with van der Waals surface area (Å²) in [6.07, 6.45) is 2.22. The molecule has 3 amide bonds. The van der Waals surface area contributed by atoms with Crippen molar-refractivity contribution in [2.75, 3.05) is 19.4 Å². The van der Waals surface area contributed by atoms with E-state index >= 15 is 0 Å². The van der Waals surface area contributed by atoms with Crippen molar-refractivity contribution in [3.05, 3.63) is 77.6 Å². The zero-order valence-corrected chi connectivity index (χ0v) is 19.7. The molecular weight excluding hydrogens is 446 g/mol. The SMILES string of the molecule is COC(=O)[N+]1(C(=O)c2nc(-c3cccc(C(=O)NCc4ccccc4)c3)cnc2N)CCC[C@H]1C. The van der Waals surface area contributed by atoms with E-state index in [0.29, 0.717) is 42.8 Å². The second-order valence-electron chi connectivity index (χ2n) is 8.60. The topological polar surface area (TPSA) is 124 Å². The number of nitrogens with zero attached hydrogens (tertiary/aromatic N) is 3. The van der Waals surface area contributed by atoms with E-state index in [0.717, 1.165) is 5.56 Å². The minimum absolute atomic E-state index is 0.0592. The molecule has 1 fully saturated rings. The third-order valence-corrected chi connectivity index (χ3v) is 6.47. The molecule has 4 rings (SSSR count). The Bertz CT molecular complexity index is 1260. The van der Waals surface area contributed by atoms with Crippen LogP contribution in [-0.2, 0) is 11.3 Å². The molecule has 1 aromatic heterocycles. The van der Waals surface area contributed by atoms with Crippen LogP contribution in [0.3, 0.4) is 0 Å². The molecule has 3 aromatic rings. The fourth-order valence-corrected chi connectivity index (χ4v) is 4.48. The van der Waals surface area contributed by atoms with Crippen molar-refractivity contribution in [1.82, 2.24) is 15.3 Å². The molecule has 9 heteroatoms. The lowest BCUT2D eigenvalue weighted by Gasteiger charge is -2.30. The Morgan fingerprint density at radius 1 is 1.14 bits per heavy atom. The number of nitrogens with one attached hydrogen (secondary N) is 1. The number of rotatable bonds is 5. The van der Waals surface area contributed by atoms with Crippen LogP contribution in [0.15, 0.2) is 60.8 Å². The monoisotopic (exact) mass is 474 g/mol. The number of carbonyl (C=O) groups is 3. The van der Waals surface area contributed by atoms with Gasteiger partial charge in [0.2, 0.25) is 5.69 Å². The Kier molecular flexibility index (Phi) is 6.88. The summed E-state index contributed by atoms with van der Waals surface area (Å²) in [6, 6.07) is 16.2. The van der Waals surface area contributed by atoms with Crippen LogP contribution >= 0.6 is 0 Å². The van der Waals surface area contributed by atoms with Crippen molar-refractivity contribution in [1.29, 1.82) is 0 Å². The minimum atomic E-state index is -0.635. The first-order valence-electron chi connectivity index (χ1n) is 11.4. The number of nitrogens with two attached hydrogens (primary N) is 1. The molecule has 2 heterocycles. The zero-order valence-electron chi connectivity index (χ0n) is 19.7. The van der Waals surface area contributed by atoms with E-state index in [1.807, 2.05) is 37.3 Å². The molecule has 2 atom stereocenters. The van der Waals surface area contributed by atoms with Crippen LogP contribution in [0.5, 0.6) is 0 Å². The number of hydrogen-bond acceptors (Lipinski definition) is 7. The van der Waals surface area contributed by atoms with Crippen LogP contribution in [-0.4, -0.2) is 52.1 Å². The number of amides is 3. The van der Waals surface area contributed by atoms with Gasteiger partial charge in [0.25, 0.3) is 5.91 Å². The molecule has 35 heavy (non-hydrogen) atoms. The van der Waals surface area contributed by atoms with Crippen molar-refractivity contribution in [2.45, 2.75) is 32.4 Å². The summed E-state index contributed by atoms with van der Waals surface area (Å²) in [5.41, 5.74) is 8.35. The quantitative estimate of drug-likeness (QED) is 0.542. The molecule has 1 saturated heterocycles. The predicted molar refractivity (Wildman–Crippen MR) is 130 cm³/mol. The van der Waals surface area contributed by atoms with Crippen LogP contribution in [0.4, 0.5) is 10.6 Å². The first kappa shape index (κ1) is 24.0. The highest BCUT2D eigenvalue weighted by molar-refractivity contribution is 5.98. The van der Waals surface area contributed by atoms with E-state index < -0.39 is 16.5 Å². The van der Waals surface area contributed by atoms with Crippen LogP contribution in [0.25, 0.3) is 11.3 Å². The van der Waals surface area contributed by atoms with Gasteiger partial charge in [-0.25, -0.2) is 14.8 Å². The average molecular weight is 475 g/mol. The molecule has 1 aliphatic rings. The number of benzene rings is 2. The summed E-state index contributed by atoms with van der Waals surface area (Å²) in [5, 5.41) is 2.90. The van der Waals surface area contributed by atoms with Crippen LogP contribution in [0.1, 0.15) is 46.2 Å². The van der Waals surface area contributed by atoms with E-state index in [1.165, 1.54) is 13.3 Å². The number of hydrogen-bond donors (Lipinski definition) is 2. The molecule has 1 aliphatic heterocycles. The molecule has 1 unspecified atom stereocenters. The number of aromatic nitrogens is 2. The maximum Gasteiger partial charge on any atom is 0.523 e. The third kappa shape index (κ3) is 4.63. The predicted octanol–water partition coefficient (Wildman–Crippen LogP) is 3.56. The standard InChI is InChI=1S/C26H27N5O4/c1-17-8-7-13-31(17,26(34)35-2)25(33)22-23(27)28-16-21(30-22)19-11-6-12-20(14-19)24(32)29-15-18-9-4-3-5-10-18/h3-6,9-12,14,16-17H,7-8,13,15H2,1-2H3,(H2-,27,28,29,32,33)/p+1/t17-,31?/m1/s1. The van der Waals surface area contributed by atoms with Gasteiger partial charge in [0.05, 0.1) is 25.5 Å². The number of quaternary nitrogens is 1. The van der Waals surface area contributed by atoms with Crippen molar-refractivity contribution in [3.8, 4) is 11.3 Å². The average Bonchev–Trinajstić information content (AvgIpc) is 3.29. The largest absolute Gasteiger partial charge is 0.523 e. The van der Waals surface area contributed by atoms with Crippen molar-refractivity contribution in [2.24, 2.45) is 0 Å². The van der Waals surface area contributed by atoms with Gasteiger partial charge in [0, 0.05) is 30.5 Å². The van der Waals surface area contributed by atoms with Gasteiger partial charge >= 0.3 is 12.0 Å². The normalized spacial score (nSPS) is 19.2. The molecule has 0 spiro atoms. The summed E-state index contributed by atoms with van der Waals surface area (Å²) >= 11 is 0. The Hall–Kier alpha value is -4.11. The maximum atomic E-state index is 13.6. The number of imide groups is 1. The van der Waals surface area contributed by atoms with Crippen LogP contribution in [0.2, 0.25) is 0 Å². The lowest BCUT2D eigenvalue weighted by atomic mass is 10.1. The summed E-state index contributed by atoms with van der Waals surface area (Å²) in [6.45, 7) is 2.55. The Morgan fingerprint density at radius 2 is 1.91 bits per heavy atom. The maximum absolute atomic E-state index is 13.6. The molecule has 3 N–H and O–H groups in total. The number of nitrogen functional groups attached to an aromatic ring is 1. The third-order valence-electron chi connectivity index (χ3n) is 6.47. The van der Waals surface area contributed by atoms with Gasteiger partial charge in [-0.05, 0) is 24.6 Å². The highest BCUT2D eigenvalue weighted by Crippen LogP contribution is 2.32. The van der Waals surface area contributed by atoms with Gasteiger partial charge in [-0.3, -0.25) is 4.79 Å². The Labute approximate surface area is 203 Å². The zero-order chi connectivity index (χ0) is 25.0. The first-order valence-corrected chi connectivity index (χ1v) is 11.4. The summed E-state index contributed by atoms with van der Waals surface area (Å²) in [7, 11) is 1.26. The molecule has 2 aromatic carbocycles. The lowest BCUT2D eigenvalue weighted by Crippen LogP contribution is -2.59. The number of likely N-dealkylation sites (tertiary alicyclic amines) is 1. The van der Waals surface area contributed by atoms with E-state index in [4.69, 9.17) is 10.5 Å². The fraction of sp³-hybridized carbons (Fsp3) is 0.269. The number of ether oxygens (including phenoxy) is 1.